The molecule has 3 N–H and O–H groups in total. The highest BCUT2D eigenvalue weighted by Gasteiger charge is 2.17. The molecule has 0 bridgehead atoms. The van der Waals surface area contributed by atoms with Gasteiger partial charge in [-0.15, -0.1) is 11.8 Å². The highest BCUT2D eigenvalue weighted by Crippen LogP contribution is 2.32. The maximum atomic E-state index is 13.6. The zero-order valence-corrected chi connectivity index (χ0v) is 10.6. The SMILES string of the molecule is CC(O)C(C)Sc1cccc(F)c1[C@@H](C)N. The minimum atomic E-state index is -0.436. The molecule has 0 amide bonds. The van der Waals surface area contributed by atoms with Crippen molar-refractivity contribution < 1.29 is 9.50 Å². The molecule has 1 aromatic carbocycles. The summed E-state index contributed by atoms with van der Waals surface area (Å²) in [6.45, 7) is 5.39. The predicted molar refractivity (Wildman–Crippen MR) is 66.0 cm³/mol. The van der Waals surface area contributed by atoms with Crippen LogP contribution in [0.5, 0.6) is 0 Å². The molecule has 1 aromatic rings. The van der Waals surface area contributed by atoms with Gasteiger partial charge in [-0.25, -0.2) is 4.39 Å². The Morgan fingerprint density at radius 1 is 1.31 bits per heavy atom. The Balaban J connectivity index is 2.99. The Bertz CT molecular complexity index is 355. The van der Waals surface area contributed by atoms with Crippen LogP contribution in [0.15, 0.2) is 23.1 Å². The summed E-state index contributed by atoms with van der Waals surface area (Å²) in [5, 5.41) is 9.45. The minimum Gasteiger partial charge on any atom is -0.392 e. The Labute approximate surface area is 100 Å². The number of halogens is 1. The number of hydrogen-bond donors (Lipinski definition) is 2. The van der Waals surface area contributed by atoms with Gasteiger partial charge in [0.25, 0.3) is 0 Å². The van der Waals surface area contributed by atoms with Crippen LogP contribution in [0, 0.1) is 5.82 Å². The molecule has 2 unspecified atom stereocenters. The summed E-state index contributed by atoms with van der Waals surface area (Å²) < 4.78 is 13.6. The summed E-state index contributed by atoms with van der Waals surface area (Å²) in [4.78, 5) is 0.809. The molecule has 0 aliphatic rings. The van der Waals surface area contributed by atoms with Gasteiger partial charge in [-0.1, -0.05) is 13.0 Å². The Morgan fingerprint density at radius 2 is 1.94 bits per heavy atom. The number of benzene rings is 1. The van der Waals surface area contributed by atoms with Gasteiger partial charge in [0.1, 0.15) is 5.82 Å². The second-order valence-corrected chi connectivity index (χ2v) is 5.42. The third-order valence-electron chi connectivity index (χ3n) is 2.46. The smallest absolute Gasteiger partial charge is 0.129 e. The van der Waals surface area contributed by atoms with E-state index in [9.17, 15) is 9.50 Å². The van der Waals surface area contributed by atoms with Gasteiger partial charge in [-0.05, 0) is 26.0 Å². The third kappa shape index (κ3) is 3.20. The van der Waals surface area contributed by atoms with Gasteiger partial charge in [0, 0.05) is 21.8 Å². The molecule has 1 rings (SSSR count). The molecule has 0 aliphatic heterocycles. The van der Waals surface area contributed by atoms with Gasteiger partial charge in [0.05, 0.1) is 6.10 Å². The van der Waals surface area contributed by atoms with E-state index in [1.165, 1.54) is 17.8 Å². The van der Waals surface area contributed by atoms with Crippen LogP contribution in [0.2, 0.25) is 0 Å². The van der Waals surface area contributed by atoms with Crippen LogP contribution >= 0.6 is 11.8 Å². The molecule has 0 aliphatic carbocycles. The fraction of sp³-hybridized carbons (Fsp3) is 0.500. The Hall–Kier alpha value is -0.580. The van der Waals surface area contributed by atoms with Gasteiger partial charge in [0.15, 0.2) is 0 Å². The summed E-state index contributed by atoms with van der Waals surface area (Å²) in [5.41, 5.74) is 6.28. The molecule has 0 saturated carbocycles. The van der Waals surface area contributed by atoms with Crippen molar-refractivity contribution in [2.24, 2.45) is 5.73 Å². The second kappa shape index (κ2) is 5.66. The topological polar surface area (TPSA) is 46.2 Å². The molecular formula is C12H18FNOS. The summed E-state index contributed by atoms with van der Waals surface area (Å²) in [6, 6.07) is 4.57. The monoisotopic (exact) mass is 243 g/mol. The van der Waals surface area contributed by atoms with Gasteiger partial charge in [-0.3, -0.25) is 0 Å². The van der Waals surface area contributed by atoms with E-state index in [1.54, 1.807) is 19.9 Å². The van der Waals surface area contributed by atoms with E-state index in [0.717, 1.165) is 4.90 Å². The summed E-state index contributed by atoms with van der Waals surface area (Å²) in [6.07, 6.45) is -0.436. The maximum absolute atomic E-state index is 13.6. The van der Waals surface area contributed by atoms with Crippen molar-refractivity contribution in [1.29, 1.82) is 0 Å². The molecule has 0 radical (unpaired) electrons. The minimum absolute atomic E-state index is 0.0132. The lowest BCUT2D eigenvalue weighted by Crippen LogP contribution is -2.16. The van der Waals surface area contributed by atoms with Crippen molar-refractivity contribution >= 4 is 11.8 Å². The van der Waals surface area contributed by atoms with E-state index in [0.29, 0.717) is 5.56 Å². The molecule has 3 atom stereocenters. The first-order valence-electron chi connectivity index (χ1n) is 5.32. The third-order valence-corrected chi connectivity index (χ3v) is 3.84. The first kappa shape index (κ1) is 13.5. The van der Waals surface area contributed by atoms with Crippen LogP contribution in [0.4, 0.5) is 4.39 Å². The molecule has 4 heteroatoms. The van der Waals surface area contributed by atoms with E-state index in [1.807, 2.05) is 13.0 Å². The molecule has 2 nitrogen and oxygen atoms in total. The number of hydrogen-bond acceptors (Lipinski definition) is 3. The molecule has 0 aromatic heterocycles. The van der Waals surface area contributed by atoms with Gasteiger partial charge in [0.2, 0.25) is 0 Å². The van der Waals surface area contributed by atoms with Crippen molar-refractivity contribution in [3.05, 3.63) is 29.6 Å². The van der Waals surface area contributed by atoms with Crippen LogP contribution in [0.3, 0.4) is 0 Å². The fourth-order valence-corrected chi connectivity index (χ4v) is 2.53. The first-order chi connectivity index (χ1) is 7.43. The number of rotatable bonds is 4. The zero-order valence-electron chi connectivity index (χ0n) is 9.77. The average Bonchev–Trinajstić information content (AvgIpc) is 2.16. The van der Waals surface area contributed by atoms with Crippen molar-refractivity contribution in [2.75, 3.05) is 0 Å². The number of aliphatic hydroxyl groups is 1. The van der Waals surface area contributed by atoms with E-state index in [-0.39, 0.29) is 17.1 Å². The standard InChI is InChI=1S/C12H18FNOS/c1-7(14)12-10(13)5-4-6-11(12)16-9(3)8(2)15/h4-9,15H,14H2,1-3H3/t7-,8?,9?/m1/s1. The molecule has 0 spiro atoms. The lowest BCUT2D eigenvalue weighted by atomic mass is 10.1. The van der Waals surface area contributed by atoms with Crippen molar-refractivity contribution in [2.45, 2.75) is 43.1 Å². The molecular weight excluding hydrogens is 225 g/mol. The second-order valence-electron chi connectivity index (χ2n) is 4.00. The Kier molecular flexibility index (Phi) is 4.77. The normalized spacial score (nSPS) is 16.9. The molecule has 0 fully saturated rings. The first-order valence-corrected chi connectivity index (χ1v) is 6.20. The van der Waals surface area contributed by atoms with E-state index in [4.69, 9.17) is 5.73 Å². The lowest BCUT2D eigenvalue weighted by molar-refractivity contribution is 0.196. The average molecular weight is 243 g/mol. The van der Waals surface area contributed by atoms with Gasteiger partial charge in [-0.2, -0.15) is 0 Å². The highest BCUT2D eigenvalue weighted by atomic mass is 32.2. The van der Waals surface area contributed by atoms with E-state index >= 15 is 0 Å². The van der Waals surface area contributed by atoms with Crippen LogP contribution in [0.25, 0.3) is 0 Å². The van der Waals surface area contributed by atoms with Crippen molar-refractivity contribution in [1.82, 2.24) is 0 Å². The van der Waals surface area contributed by atoms with Crippen LogP contribution in [0.1, 0.15) is 32.4 Å². The van der Waals surface area contributed by atoms with E-state index < -0.39 is 6.10 Å². The molecule has 16 heavy (non-hydrogen) atoms. The van der Waals surface area contributed by atoms with Gasteiger partial charge >= 0.3 is 0 Å². The summed E-state index contributed by atoms with van der Waals surface area (Å²) >= 11 is 1.45. The lowest BCUT2D eigenvalue weighted by Gasteiger charge is -2.18. The molecule has 90 valence electrons. The summed E-state index contributed by atoms with van der Waals surface area (Å²) in [7, 11) is 0. The zero-order chi connectivity index (χ0) is 12.3. The number of thioether (sulfide) groups is 1. The van der Waals surface area contributed by atoms with Crippen LogP contribution in [-0.2, 0) is 0 Å². The van der Waals surface area contributed by atoms with Crippen LogP contribution < -0.4 is 5.73 Å². The largest absolute Gasteiger partial charge is 0.392 e. The van der Waals surface area contributed by atoms with Crippen molar-refractivity contribution in [3.8, 4) is 0 Å². The molecule has 0 heterocycles. The summed E-state index contributed by atoms with van der Waals surface area (Å²) in [5.74, 6) is -0.280. The Morgan fingerprint density at radius 3 is 2.44 bits per heavy atom. The predicted octanol–water partition coefficient (Wildman–Crippen LogP) is 2.71. The van der Waals surface area contributed by atoms with Crippen LogP contribution in [-0.4, -0.2) is 16.5 Å². The molecule has 0 saturated heterocycles. The van der Waals surface area contributed by atoms with Gasteiger partial charge < -0.3 is 10.8 Å². The fourth-order valence-electron chi connectivity index (χ4n) is 1.36. The van der Waals surface area contributed by atoms with E-state index in [2.05, 4.69) is 0 Å². The van der Waals surface area contributed by atoms with Crippen molar-refractivity contribution in [3.63, 3.8) is 0 Å². The number of nitrogens with two attached hydrogens (primary N) is 1. The quantitative estimate of drug-likeness (QED) is 0.799. The highest BCUT2D eigenvalue weighted by molar-refractivity contribution is 8.00. The number of aliphatic hydroxyl groups excluding tert-OH is 1. The maximum Gasteiger partial charge on any atom is 0.129 e.